The van der Waals surface area contributed by atoms with Gasteiger partial charge < -0.3 is 5.32 Å². The Morgan fingerprint density at radius 2 is 1.29 bits per heavy atom. The standard InChI is InChI=1S/C31H33NO2/c1-21(22-12-5-2-6-13-22)32-31(34)26-19-11-18-25(20-26)30(33)29-27(23-14-7-3-8-15-23)28(29)24-16-9-4-10-17-24/h3-4,7-11,14-22,27-29H,2,5-6,12-13H2,1H3,(H,32,34)/t21-,27-,28+,29?/m0/s1. The lowest BCUT2D eigenvalue weighted by molar-refractivity contribution is 0.0919. The Morgan fingerprint density at radius 1 is 0.735 bits per heavy atom. The smallest absolute Gasteiger partial charge is 0.251 e. The number of carbonyl (C=O) groups is 2. The van der Waals surface area contributed by atoms with Gasteiger partial charge in [-0.1, -0.05) is 92.1 Å². The lowest BCUT2D eigenvalue weighted by Gasteiger charge is -2.28. The van der Waals surface area contributed by atoms with Crippen molar-refractivity contribution in [2.75, 3.05) is 0 Å². The highest BCUT2D eigenvalue weighted by atomic mass is 16.1. The van der Waals surface area contributed by atoms with E-state index in [0.29, 0.717) is 17.0 Å². The van der Waals surface area contributed by atoms with Crippen molar-refractivity contribution in [2.45, 2.75) is 56.9 Å². The molecule has 2 saturated carbocycles. The molecule has 3 aromatic rings. The third-order valence-electron chi connectivity index (χ3n) is 7.82. The van der Waals surface area contributed by atoms with E-state index in [1.165, 1.54) is 43.2 Å². The Hall–Kier alpha value is -3.20. The van der Waals surface area contributed by atoms with Gasteiger partial charge in [0.25, 0.3) is 5.91 Å². The molecule has 0 radical (unpaired) electrons. The molecule has 174 valence electrons. The molecule has 1 N–H and O–H groups in total. The van der Waals surface area contributed by atoms with E-state index in [2.05, 4.69) is 36.5 Å². The summed E-state index contributed by atoms with van der Waals surface area (Å²) in [6, 6.07) is 28.1. The van der Waals surface area contributed by atoms with Gasteiger partial charge in [0, 0.05) is 34.9 Å². The van der Waals surface area contributed by atoms with Crippen LogP contribution in [0.25, 0.3) is 0 Å². The van der Waals surface area contributed by atoms with E-state index < -0.39 is 0 Å². The minimum absolute atomic E-state index is 0.0808. The molecule has 3 aromatic carbocycles. The zero-order valence-electron chi connectivity index (χ0n) is 19.8. The molecule has 34 heavy (non-hydrogen) atoms. The van der Waals surface area contributed by atoms with Crippen LogP contribution >= 0.6 is 0 Å². The zero-order valence-corrected chi connectivity index (χ0v) is 19.8. The molecule has 3 heteroatoms. The summed E-state index contributed by atoms with van der Waals surface area (Å²) in [6.45, 7) is 2.11. The predicted molar refractivity (Wildman–Crippen MR) is 136 cm³/mol. The van der Waals surface area contributed by atoms with Gasteiger partial charge in [-0.25, -0.2) is 0 Å². The first-order valence-electron chi connectivity index (χ1n) is 12.7. The molecule has 3 nitrogen and oxygen atoms in total. The summed E-state index contributed by atoms with van der Waals surface area (Å²) < 4.78 is 0. The quantitative estimate of drug-likeness (QED) is 0.403. The van der Waals surface area contributed by atoms with Gasteiger partial charge in [0.15, 0.2) is 5.78 Å². The summed E-state index contributed by atoms with van der Waals surface area (Å²) in [4.78, 5) is 26.7. The summed E-state index contributed by atoms with van der Waals surface area (Å²) in [7, 11) is 0. The Morgan fingerprint density at radius 3 is 1.88 bits per heavy atom. The van der Waals surface area contributed by atoms with Crippen molar-refractivity contribution in [2.24, 2.45) is 11.8 Å². The molecule has 0 spiro atoms. The average Bonchev–Trinajstić information content (AvgIpc) is 3.65. The maximum absolute atomic E-state index is 13.7. The van der Waals surface area contributed by atoms with Gasteiger partial charge in [0.2, 0.25) is 0 Å². The number of amides is 1. The zero-order chi connectivity index (χ0) is 23.5. The average molecular weight is 452 g/mol. The molecule has 2 aliphatic rings. The Kier molecular flexibility index (Phi) is 6.62. The van der Waals surface area contributed by atoms with E-state index in [9.17, 15) is 9.59 Å². The molecule has 4 atom stereocenters. The van der Waals surface area contributed by atoms with Crippen molar-refractivity contribution in [3.63, 3.8) is 0 Å². The summed E-state index contributed by atoms with van der Waals surface area (Å²) >= 11 is 0. The van der Waals surface area contributed by atoms with Crippen molar-refractivity contribution in [3.8, 4) is 0 Å². The lowest BCUT2D eigenvalue weighted by atomic mass is 9.84. The van der Waals surface area contributed by atoms with Crippen LogP contribution in [0.5, 0.6) is 0 Å². The highest BCUT2D eigenvalue weighted by Gasteiger charge is 2.55. The molecule has 0 aliphatic heterocycles. The molecular weight excluding hydrogens is 418 g/mol. The van der Waals surface area contributed by atoms with Gasteiger partial charge in [0.05, 0.1) is 0 Å². The number of Topliss-reactive ketones (excluding diaryl/α,β-unsaturated/α-hetero) is 1. The van der Waals surface area contributed by atoms with E-state index in [1.807, 2.05) is 54.6 Å². The van der Waals surface area contributed by atoms with Gasteiger partial charge in [-0.05, 0) is 48.9 Å². The topological polar surface area (TPSA) is 46.2 Å². The summed E-state index contributed by atoms with van der Waals surface area (Å²) in [5.41, 5.74) is 3.60. The number of ketones is 1. The normalized spacial score (nSPS) is 23.1. The van der Waals surface area contributed by atoms with E-state index in [4.69, 9.17) is 0 Å². The van der Waals surface area contributed by atoms with E-state index >= 15 is 0 Å². The molecule has 0 bridgehead atoms. The fourth-order valence-corrected chi connectivity index (χ4v) is 5.87. The monoisotopic (exact) mass is 451 g/mol. The third-order valence-corrected chi connectivity index (χ3v) is 7.82. The van der Waals surface area contributed by atoms with Crippen molar-refractivity contribution < 1.29 is 9.59 Å². The van der Waals surface area contributed by atoms with Gasteiger partial charge in [0.1, 0.15) is 0 Å². The first kappa shape index (κ1) is 22.6. The summed E-state index contributed by atoms with van der Waals surface area (Å²) in [5.74, 6) is 0.816. The van der Waals surface area contributed by atoms with Crippen molar-refractivity contribution in [3.05, 3.63) is 107 Å². The van der Waals surface area contributed by atoms with E-state index in [-0.39, 0.29) is 35.5 Å². The highest BCUT2D eigenvalue weighted by Crippen LogP contribution is 2.61. The summed E-state index contributed by atoms with van der Waals surface area (Å²) in [5, 5.41) is 3.20. The van der Waals surface area contributed by atoms with Crippen LogP contribution in [0.4, 0.5) is 0 Å². The molecule has 0 heterocycles. The Labute approximate surface area is 202 Å². The fraction of sp³-hybridized carbons (Fsp3) is 0.355. The van der Waals surface area contributed by atoms with Gasteiger partial charge >= 0.3 is 0 Å². The highest BCUT2D eigenvalue weighted by molar-refractivity contribution is 6.04. The third kappa shape index (κ3) is 4.70. The lowest BCUT2D eigenvalue weighted by Crippen LogP contribution is -2.38. The largest absolute Gasteiger partial charge is 0.349 e. The Balaban J connectivity index is 1.34. The maximum Gasteiger partial charge on any atom is 0.251 e. The number of benzene rings is 3. The van der Waals surface area contributed by atoms with Crippen LogP contribution in [0.1, 0.15) is 82.7 Å². The van der Waals surface area contributed by atoms with Gasteiger partial charge in [-0.3, -0.25) is 9.59 Å². The second kappa shape index (κ2) is 9.97. The number of carbonyl (C=O) groups excluding carboxylic acids is 2. The van der Waals surface area contributed by atoms with Crippen LogP contribution < -0.4 is 5.32 Å². The van der Waals surface area contributed by atoms with Crippen LogP contribution in [0, 0.1) is 11.8 Å². The molecular formula is C31H33NO2. The maximum atomic E-state index is 13.7. The van der Waals surface area contributed by atoms with Gasteiger partial charge in [-0.2, -0.15) is 0 Å². The minimum atomic E-state index is -0.107. The van der Waals surface area contributed by atoms with Gasteiger partial charge in [-0.15, -0.1) is 0 Å². The summed E-state index contributed by atoms with van der Waals surface area (Å²) in [6.07, 6.45) is 6.17. The van der Waals surface area contributed by atoms with Crippen molar-refractivity contribution in [1.29, 1.82) is 0 Å². The molecule has 0 saturated heterocycles. The predicted octanol–water partition coefficient (Wildman–Crippen LogP) is 6.77. The van der Waals surface area contributed by atoms with Crippen LogP contribution in [0.15, 0.2) is 84.9 Å². The number of rotatable bonds is 7. The Bertz CT molecular complexity index is 1090. The van der Waals surface area contributed by atoms with Crippen LogP contribution in [0.3, 0.4) is 0 Å². The molecule has 1 unspecified atom stereocenters. The van der Waals surface area contributed by atoms with Crippen LogP contribution in [-0.2, 0) is 0 Å². The molecule has 2 fully saturated rings. The van der Waals surface area contributed by atoms with E-state index in [1.54, 1.807) is 6.07 Å². The van der Waals surface area contributed by atoms with Crippen LogP contribution in [0.2, 0.25) is 0 Å². The van der Waals surface area contributed by atoms with E-state index in [0.717, 1.165) is 0 Å². The molecule has 0 aromatic heterocycles. The minimum Gasteiger partial charge on any atom is -0.349 e. The van der Waals surface area contributed by atoms with Crippen molar-refractivity contribution >= 4 is 11.7 Å². The SMILES string of the molecule is C[C@H](NC(=O)c1cccc(C(=O)C2[C@@H](c3ccccc3)[C@H]2c2ccccc2)c1)C1CCCCC1. The molecule has 1 amide bonds. The molecule has 2 aliphatic carbocycles. The first-order valence-corrected chi connectivity index (χ1v) is 12.7. The second-order valence-corrected chi connectivity index (χ2v) is 10.0. The van der Waals surface area contributed by atoms with Crippen molar-refractivity contribution in [1.82, 2.24) is 5.32 Å². The first-order chi connectivity index (χ1) is 16.6. The number of nitrogens with one attached hydrogen (secondary N) is 1. The number of hydrogen-bond donors (Lipinski definition) is 1. The number of hydrogen-bond acceptors (Lipinski definition) is 2. The molecule has 5 rings (SSSR count). The second-order valence-electron chi connectivity index (χ2n) is 10.0. The fourth-order valence-electron chi connectivity index (χ4n) is 5.87. The van der Waals surface area contributed by atoms with Crippen LogP contribution in [-0.4, -0.2) is 17.7 Å².